The molecule has 0 spiro atoms. The molecule has 1 fully saturated rings. The van der Waals surface area contributed by atoms with Gasteiger partial charge >= 0.3 is 0 Å². The van der Waals surface area contributed by atoms with Crippen LogP contribution in [0.3, 0.4) is 0 Å². The lowest BCUT2D eigenvalue weighted by Gasteiger charge is -2.26. The number of fused-ring (bicyclic) bond motifs is 1. The maximum Gasteiger partial charge on any atom is 0.261 e. The molecule has 1 atom stereocenters. The summed E-state index contributed by atoms with van der Waals surface area (Å²) in [6.07, 6.45) is 1.14. The van der Waals surface area contributed by atoms with Crippen LogP contribution < -0.4 is 10.9 Å². The molecule has 1 aliphatic rings. The summed E-state index contributed by atoms with van der Waals surface area (Å²) in [6.45, 7) is 6.52. The molecular weight excluding hydrogens is 278 g/mol. The van der Waals surface area contributed by atoms with Crippen LogP contribution in [0.25, 0.3) is 10.9 Å². The minimum absolute atomic E-state index is 0.00736. The minimum Gasteiger partial charge on any atom is -0.354 e. The van der Waals surface area contributed by atoms with Crippen molar-refractivity contribution in [3.8, 4) is 0 Å². The first-order chi connectivity index (χ1) is 10.5. The van der Waals surface area contributed by atoms with E-state index in [1.165, 1.54) is 0 Å². The molecule has 2 aromatic rings. The number of aromatic nitrogens is 2. The number of carbonyl (C=O) groups is 1. The fourth-order valence-corrected chi connectivity index (χ4v) is 3.23. The molecule has 116 valence electrons. The highest BCUT2D eigenvalue weighted by Crippen LogP contribution is 2.24. The molecule has 5 heteroatoms. The van der Waals surface area contributed by atoms with Crippen LogP contribution in [0.2, 0.25) is 0 Å². The van der Waals surface area contributed by atoms with Gasteiger partial charge in [0.15, 0.2) is 0 Å². The number of aryl methyl sites for hydroxylation is 1. The number of benzene rings is 1. The Morgan fingerprint density at radius 1 is 1.32 bits per heavy atom. The van der Waals surface area contributed by atoms with Crippen LogP contribution in [0.4, 0.5) is 0 Å². The van der Waals surface area contributed by atoms with Crippen LogP contribution in [0.1, 0.15) is 50.0 Å². The molecule has 1 amide bonds. The fourth-order valence-electron chi connectivity index (χ4n) is 3.23. The van der Waals surface area contributed by atoms with Crippen LogP contribution in [-0.4, -0.2) is 22.0 Å². The van der Waals surface area contributed by atoms with Gasteiger partial charge in [-0.25, -0.2) is 4.98 Å². The summed E-state index contributed by atoms with van der Waals surface area (Å²) >= 11 is 0. The topological polar surface area (TPSA) is 64.0 Å². The second-order valence-electron chi connectivity index (χ2n) is 6.23. The van der Waals surface area contributed by atoms with Crippen molar-refractivity contribution in [1.29, 1.82) is 0 Å². The lowest BCUT2D eigenvalue weighted by atomic mass is 9.98. The van der Waals surface area contributed by atoms with Crippen molar-refractivity contribution in [2.45, 2.75) is 45.6 Å². The van der Waals surface area contributed by atoms with Crippen molar-refractivity contribution >= 4 is 16.8 Å². The van der Waals surface area contributed by atoms with E-state index in [9.17, 15) is 9.59 Å². The number of amides is 1. The lowest BCUT2D eigenvalue weighted by Crippen LogP contribution is -2.40. The highest BCUT2D eigenvalue weighted by molar-refractivity contribution is 5.82. The van der Waals surface area contributed by atoms with Crippen LogP contribution in [0.5, 0.6) is 0 Å². The summed E-state index contributed by atoms with van der Waals surface area (Å²) in [5.41, 5.74) is 1.79. The van der Waals surface area contributed by atoms with Gasteiger partial charge in [0, 0.05) is 13.0 Å². The van der Waals surface area contributed by atoms with E-state index in [4.69, 9.17) is 0 Å². The summed E-state index contributed by atoms with van der Waals surface area (Å²) in [4.78, 5) is 29.0. The zero-order chi connectivity index (χ0) is 15.9. The summed E-state index contributed by atoms with van der Waals surface area (Å²) in [5, 5.41) is 3.55. The molecule has 1 aromatic carbocycles. The number of rotatable bonds is 2. The van der Waals surface area contributed by atoms with Crippen LogP contribution >= 0.6 is 0 Å². The molecule has 0 saturated carbocycles. The number of nitrogens with one attached hydrogen (secondary N) is 1. The van der Waals surface area contributed by atoms with Gasteiger partial charge in [0.2, 0.25) is 5.91 Å². The zero-order valence-corrected chi connectivity index (χ0v) is 13.2. The SMILES string of the molecule is Cc1nc2cccc(C(C)C)c2c(=O)n1C1CCC(=O)NC1. The predicted molar refractivity (Wildman–Crippen MR) is 86.1 cm³/mol. The minimum atomic E-state index is -0.0117. The van der Waals surface area contributed by atoms with E-state index in [1.807, 2.05) is 25.1 Å². The third kappa shape index (κ3) is 2.40. The van der Waals surface area contributed by atoms with E-state index in [1.54, 1.807) is 4.57 Å². The lowest BCUT2D eigenvalue weighted by molar-refractivity contribution is -0.122. The third-order valence-corrected chi connectivity index (χ3v) is 4.36. The number of nitrogens with zero attached hydrogens (tertiary/aromatic N) is 2. The highest BCUT2D eigenvalue weighted by atomic mass is 16.2. The average Bonchev–Trinajstić information content (AvgIpc) is 2.48. The first-order valence-electron chi connectivity index (χ1n) is 7.77. The van der Waals surface area contributed by atoms with Gasteiger partial charge in [-0.05, 0) is 30.9 Å². The van der Waals surface area contributed by atoms with Gasteiger partial charge in [0.1, 0.15) is 5.82 Å². The van der Waals surface area contributed by atoms with Gasteiger partial charge in [-0.3, -0.25) is 14.2 Å². The van der Waals surface area contributed by atoms with E-state index in [0.29, 0.717) is 30.6 Å². The third-order valence-electron chi connectivity index (χ3n) is 4.36. The van der Waals surface area contributed by atoms with E-state index in [0.717, 1.165) is 11.1 Å². The molecule has 0 bridgehead atoms. The first kappa shape index (κ1) is 14.8. The molecule has 2 heterocycles. The van der Waals surface area contributed by atoms with Crippen molar-refractivity contribution in [2.75, 3.05) is 6.54 Å². The smallest absolute Gasteiger partial charge is 0.261 e. The van der Waals surface area contributed by atoms with Crippen molar-refractivity contribution in [3.05, 3.63) is 39.9 Å². The van der Waals surface area contributed by atoms with Crippen molar-refractivity contribution in [2.24, 2.45) is 0 Å². The Kier molecular flexibility index (Phi) is 3.72. The Balaban J connectivity index is 2.21. The van der Waals surface area contributed by atoms with E-state index in [-0.39, 0.29) is 23.4 Å². The van der Waals surface area contributed by atoms with Gasteiger partial charge in [0.25, 0.3) is 5.56 Å². The second-order valence-corrected chi connectivity index (χ2v) is 6.23. The molecule has 3 rings (SSSR count). The van der Waals surface area contributed by atoms with Gasteiger partial charge in [-0.15, -0.1) is 0 Å². The van der Waals surface area contributed by atoms with Gasteiger partial charge in [-0.1, -0.05) is 26.0 Å². The summed E-state index contributed by atoms with van der Waals surface area (Å²) in [7, 11) is 0. The van der Waals surface area contributed by atoms with Crippen LogP contribution in [-0.2, 0) is 4.79 Å². The van der Waals surface area contributed by atoms with Gasteiger partial charge < -0.3 is 5.32 Å². The summed E-state index contributed by atoms with van der Waals surface area (Å²) < 4.78 is 1.76. The largest absolute Gasteiger partial charge is 0.354 e. The van der Waals surface area contributed by atoms with E-state index in [2.05, 4.69) is 24.1 Å². The normalized spacial score (nSPS) is 18.7. The number of piperidine rings is 1. The maximum absolute atomic E-state index is 13.1. The number of carbonyl (C=O) groups excluding carboxylic acids is 1. The van der Waals surface area contributed by atoms with E-state index >= 15 is 0 Å². The standard InChI is InChI=1S/C17H21N3O2/c1-10(2)13-5-4-6-14-16(13)17(22)20(11(3)19-14)12-7-8-15(21)18-9-12/h4-6,10,12H,7-9H2,1-3H3,(H,18,21). The van der Waals surface area contributed by atoms with E-state index < -0.39 is 0 Å². The molecular formula is C17H21N3O2. The Bertz CT molecular complexity index is 782. The molecule has 1 aromatic heterocycles. The number of hydrogen-bond acceptors (Lipinski definition) is 3. The number of hydrogen-bond donors (Lipinski definition) is 1. The molecule has 1 aliphatic heterocycles. The molecule has 5 nitrogen and oxygen atoms in total. The van der Waals surface area contributed by atoms with Crippen LogP contribution in [0, 0.1) is 6.92 Å². The molecule has 1 N–H and O–H groups in total. The Hall–Kier alpha value is -2.17. The van der Waals surface area contributed by atoms with Crippen LogP contribution in [0.15, 0.2) is 23.0 Å². The maximum atomic E-state index is 13.1. The zero-order valence-electron chi connectivity index (χ0n) is 13.2. The van der Waals surface area contributed by atoms with Crippen molar-refractivity contribution < 1.29 is 4.79 Å². The fraction of sp³-hybridized carbons (Fsp3) is 0.471. The van der Waals surface area contributed by atoms with Gasteiger partial charge in [0.05, 0.1) is 16.9 Å². The quantitative estimate of drug-likeness (QED) is 0.925. The molecule has 1 unspecified atom stereocenters. The molecule has 1 saturated heterocycles. The predicted octanol–water partition coefficient (Wildman–Crippen LogP) is 2.28. The molecule has 0 radical (unpaired) electrons. The molecule has 22 heavy (non-hydrogen) atoms. The second kappa shape index (κ2) is 5.55. The van der Waals surface area contributed by atoms with Gasteiger partial charge in [-0.2, -0.15) is 0 Å². The average molecular weight is 299 g/mol. The Morgan fingerprint density at radius 2 is 2.09 bits per heavy atom. The summed E-state index contributed by atoms with van der Waals surface area (Å²) in [5.74, 6) is 1.03. The van der Waals surface area contributed by atoms with Crippen molar-refractivity contribution in [1.82, 2.24) is 14.9 Å². The van der Waals surface area contributed by atoms with Crippen molar-refractivity contribution in [3.63, 3.8) is 0 Å². The first-order valence-corrected chi connectivity index (χ1v) is 7.77. The molecule has 0 aliphatic carbocycles. The monoisotopic (exact) mass is 299 g/mol. The summed E-state index contributed by atoms with van der Waals surface area (Å²) in [6, 6.07) is 5.83. The Labute approximate surface area is 129 Å². The Morgan fingerprint density at radius 3 is 2.73 bits per heavy atom. The highest BCUT2D eigenvalue weighted by Gasteiger charge is 2.23.